The van der Waals surface area contributed by atoms with Crippen LogP contribution in [-0.4, -0.2) is 24.1 Å². The quantitative estimate of drug-likeness (QED) is 0.633. The minimum absolute atomic E-state index is 0.142. The highest BCUT2D eigenvalue weighted by Crippen LogP contribution is 2.28. The van der Waals surface area contributed by atoms with E-state index in [1.54, 1.807) is 7.11 Å². The van der Waals surface area contributed by atoms with Crippen molar-refractivity contribution in [3.63, 3.8) is 0 Å². The zero-order chi connectivity index (χ0) is 15.2. The molecule has 1 unspecified atom stereocenters. The molecule has 21 heavy (non-hydrogen) atoms. The van der Waals surface area contributed by atoms with Crippen LogP contribution in [0.1, 0.15) is 24.1 Å². The maximum Gasteiger partial charge on any atom is 0.251 e. The molecule has 1 heterocycles. The van der Waals surface area contributed by atoms with Gasteiger partial charge in [-0.3, -0.25) is 4.79 Å². The van der Waals surface area contributed by atoms with Crippen LogP contribution in [0, 0.1) is 0 Å². The molecule has 112 valence electrons. The molecule has 1 atom stereocenters. The summed E-state index contributed by atoms with van der Waals surface area (Å²) >= 11 is 1.48. The fourth-order valence-corrected chi connectivity index (χ4v) is 2.74. The van der Waals surface area contributed by atoms with E-state index in [0.717, 1.165) is 11.3 Å². The number of rotatable bonds is 6. The molecule has 0 fully saturated rings. The Morgan fingerprint density at radius 3 is 2.90 bits per heavy atom. The summed E-state index contributed by atoms with van der Waals surface area (Å²) in [7, 11) is 3.59. The van der Waals surface area contributed by atoms with Crippen molar-refractivity contribution < 1.29 is 4.74 Å². The van der Waals surface area contributed by atoms with E-state index in [1.807, 2.05) is 13.1 Å². The molecular formula is C15H19N3O2S. The lowest BCUT2D eigenvalue weighted by Crippen LogP contribution is -2.12. The molecule has 0 amide bonds. The summed E-state index contributed by atoms with van der Waals surface area (Å²) in [6.07, 6.45) is 1.51. The predicted octanol–water partition coefficient (Wildman–Crippen LogP) is 2.35. The number of nitrogens with zero attached hydrogens (tertiary/aromatic N) is 1. The predicted molar refractivity (Wildman–Crippen MR) is 84.9 cm³/mol. The second kappa shape index (κ2) is 7.28. The minimum atomic E-state index is -0.142. The fourth-order valence-electron chi connectivity index (χ4n) is 1.92. The Morgan fingerprint density at radius 1 is 1.43 bits per heavy atom. The van der Waals surface area contributed by atoms with Gasteiger partial charge in [-0.05, 0) is 31.7 Å². The Balaban J connectivity index is 2.19. The average Bonchev–Trinajstić information content (AvgIpc) is 2.52. The first kappa shape index (κ1) is 15.6. The maximum atomic E-state index is 11.3. The van der Waals surface area contributed by atoms with E-state index < -0.39 is 0 Å². The van der Waals surface area contributed by atoms with Crippen molar-refractivity contribution in [3.8, 4) is 5.75 Å². The van der Waals surface area contributed by atoms with Crippen molar-refractivity contribution in [3.05, 3.63) is 51.9 Å². The molecule has 0 aliphatic heterocycles. The zero-order valence-electron chi connectivity index (χ0n) is 12.3. The first-order chi connectivity index (χ1) is 10.1. The SMILES string of the molecule is CNC(C)c1ccc(OC)c(CSc2nccc(=O)[nH]2)c1. The standard InChI is InChI=1S/C15H19N3O2S/c1-10(16-2)11-4-5-13(20-3)12(8-11)9-21-15-17-7-6-14(19)18-15/h4-8,10,16H,9H2,1-3H3,(H,17,18,19). The first-order valence-corrected chi connectivity index (χ1v) is 7.64. The summed E-state index contributed by atoms with van der Waals surface area (Å²) in [6.45, 7) is 2.11. The third-order valence-electron chi connectivity index (χ3n) is 3.25. The number of H-pyrrole nitrogens is 1. The Morgan fingerprint density at radius 2 is 2.24 bits per heavy atom. The summed E-state index contributed by atoms with van der Waals surface area (Å²) in [6, 6.07) is 7.82. The van der Waals surface area contributed by atoms with E-state index in [1.165, 1.54) is 29.6 Å². The van der Waals surface area contributed by atoms with Gasteiger partial charge >= 0.3 is 0 Å². The van der Waals surface area contributed by atoms with Crippen molar-refractivity contribution in [2.24, 2.45) is 0 Å². The number of methoxy groups -OCH3 is 1. The highest BCUT2D eigenvalue weighted by atomic mass is 32.2. The van der Waals surface area contributed by atoms with Crippen molar-refractivity contribution in [2.45, 2.75) is 23.9 Å². The highest BCUT2D eigenvalue weighted by Gasteiger charge is 2.09. The molecule has 0 radical (unpaired) electrons. The van der Waals surface area contributed by atoms with E-state index in [-0.39, 0.29) is 11.6 Å². The van der Waals surface area contributed by atoms with Gasteiger partial charge in [-0.2, -0.15) is 0 Å². The van der Waals surface area contributed by atoms with Crippen molar-refractivity contribution in [1.29, 1.82) is 0 Å². The van der Waals surface area contributed by atoms with Gasteiger partial charge in [0.15, 0.2) is 5.16 Å². The Bertz CT molecular complexity index is 657. The minimum Gasteiger partial charge on any atom is -0.496 e. The van der Waals surface area contributed by atoms with Gasteiger partial charge in [0.1, 0.15) is 5.75 Å². The molecule has 0 aliphatic rings. The van der Waals surface area contributed by atoms with Crippen LogP contribution < -0.4 is 15.6 Å². The van der Waals surface area contributed by atoms with Crippen LogP contribution in [0.5, 0.6) is 5.75 Å². The van der Waals surface area contributed by atoms with E-state index in [2.05, 4.69) is 34.3 Å². The van der Waals surface area contributed by atoms with Crippen molar-refractivity contribution in [1.82, 2.24) is 15.3 Å². The van der Waals surface area contributed by atoms with Gasteiger partial charge < -0.3 is 15.0 Å². The molecule has 0 bridgehead atoms. The monoisotopic (exact) mass is 305 g/mol. The van der Waals surface area contributed by atoms with Crippen LogP contribution >= 0.6 is 11.8 Å². The summed E-state index contributed by atoms with van der Waals surface area (Å²) in [5.74, 6) is 1.52. The molecule has 1 aromatic carbocycles. The summed E-state index contributed by atoms with van der Waals surface area (Å²) < 4.78 is 5.40. The smallest absolute Gasteiger partial charge is 0.251 e. The lowest BCUT2D eigenvalue weighted by Gasteiger charge is -2.14. The van der Waals surface area contributed by atoms with Crippen LogP contribution in [-0.2, 0) is 5.75 Å². The normalized spacial score (nSPS) is 12.1. The van der Waals surface area contributed by atoms with Gasteiger partial charge in [-0.15, -0.1) is 0 Å². The van der Waals surface area contributed by atoms with Gasteiger partial charge in [0.25, 0.3) is 5.56 Å². The van der Waals surface area contributed by atoms with Crippen LogP contribution in [0.3, 0.4) is 0 Å². The number of hydrogen-bond donors (Lipinski definition) is 2. The van der Waals surface area contributed by atoms with Gasteiger partial charge in [0.2, 0.25) is 0 Å². The van der Waals surface area contributed by atoms with Crippen LogP contribution in [0.2, 0.25) is 0 Å². The van der Waals surface area contributed by atoms with E-state index >= 15 is 0 Å². The van der Waals surface area contributed by atoms with Gasteiger partial charge in [0.05, 0.1) is 7.11 Å². The first-order valence-electron chi connectivity index (χ1n) is 6.66. The number of thioether (sulfide) groups is 1. The van der Waals surface area contributed by atoms with Crippen LogP contribution in [0.15, 0.2) is 40.4 Å². The number of nitrogens with one attached hydrogen (secondary N) is 2. The molecule has 0 aliphatic carbocycles. The zero-order valence-corrected chi connectivity index (χ0v) is 13.2. The van der Waals surface area contributed by atoms with Gasteiger partial charge in [0, 0.05) is 29.6 Å². The second-order valence-corrected chi connectivity index (χ2v) is 5.57. The summed E-state index contributed by atoms with van der Waals surface area (Å²) in [5, 5.41) is 3.83. The number of ether oxygens (including phenoxy) is 1. The molecule has 0 saturated heterocycles. The fraction of sp³-hybridized carbons (Fsp3) is 0.333. The molecule has 1 aromatic heterocycles. The maximum absolute atomic E-state index is 11.3. The van der Waals surface area contributed by atoms with Crippen LogP contribution in [0.25, 0.3) is 0 Å². The Kier molecular flexibility index (Phi) is 5.41. The Labute approximate surface area is 128 Å². The molecular weight excluding hydrogens is 286 g/mol. The number of benzene rings is 1. The second-order valence-electron chi connectivity index (χ2n) is 4.61. The highest BCUT2D eigenvalue weighted by molar-refractivity contribution is 7.98. The Hall–Kier alpha value is -1.79. The number of aromatic amines is 1. The third kappa shape index (κ3) is 4.09. The van der Waals surface area contributed by atoms with E-state index in [9.17, 15) is 4.79 Å². The third-order valence-corrected chi connectivity index (χ3v) is 4.19. The summed E-state index contributed by atoms with van der Waals surface area (Å²) in [4.78, 5) is 18.1. The molecule has 6 heteroatoms. The van der Waals surface area contributed by atoms with E-state index in [4.69, 9.17) is 4.74 Å². The molecule has 2 N–H and O–H groups in total. The molecule has 0 spiro atoms. The lowest BCUT2D eigenvalue weighted by molar-refractivity contribution is 0.411. The van der Waals surface area contributed by atoms with E-state index in [0.29, 0.717) is 10.9 Å². The molecule has 2 rings (SSSR count). The van der Waals surface area contributed by atoms with Gasteiger partial charge in [-0.25, -0.2) is 4.98 Å². The lowest BCUT2D eigenvalue weighted by atomic mass is 10.1. The average molecular weight is 305 g/mol. The molecule has 0 saturated carbocycles. The largest absolute Gasteiger partial charge is 0.496 e. The molecule has 2 aromatic rings. The number of aromatic nitrogens is 2. The van der Waals surface area contributed by atoms with Crippen molar-refractivity contribution in [2.75, 3.05) is 14.2 Å². The molecule has 5 nitrogen and oxygen atoms in total. The number of hydrogen-bond acceptors (Lipinski definition) is 5. The van der Waals surface area contributed by atoms with Crippen LogP contribution in [0.4, 0.5) is 0 Å². The van der Waals surface area contributed by atoms with Gasteiger partial charge in [-0.1, -0.05) is 17.8 Å². The van der Waals surface area contributed by atoms with Crippen molar-refractivity contribution >= 4 is 11.8 Å². The topological polar surface area (TPSA) is 67.0 Å². The summed E-state index contributed by atoms with van der Waals surface area (Å²) in [5.41, 5.74) is 2.13.